The molecule has 1 unspecified atom stereocenters. The van der Waals surface area contributed by atoms with Crippen molar-refractivity contribution in [3.63, 3.8) is 0 Å². The average molecular weight is 396 g/mol. The molecule has 0 aromatic heterocycles. The number of sulfonamides is 1. The van der Waals surface area contributed by atoms with Crippen molar-refractivity contribution in [3.8, 4) is 0 Å². The summed E-state index contributed by atoms with van der Waals surface area (Å²) in [4.78, 5) is 14.7. The van der Waals surface area contributed by atoms with Crippen LogP contribution in [0.3, 0.4) is 0 Å². The van der Waals surface area contributed by atoms with Gasteiger partial charge in [-0.3, -0.25) is 4.79 Å². The number of rotatable bonds is 5. The molecule has 0 N–H and O–H groups in total. The fourth-order valence-electron chi connectivity index (χ4n) is 4.02. The molecule has 0 radical (unpaired) electrons. The summed E-state index contributed by atoms with van der Waals surface area (Å²) in [6.45, 7) is 2.09. The van der Waals surface area contributed by atoms with Crippen LogP contribution in [0, 0.1) is 11.7 Å². The number of nitrogens with zero attached hydrogens (tertiary/aromatic N) is 2. The summed E-state index contributed by atoms with van der Waals surface area (Å²) in [6.07, 6.45) is 3.12. The smallest absolute Gasteiger partial charge is 0.224 e. The molecule has 2 aliphatic heterocycles. The van der Waals surface area contributed by atoms with Crippen LogP contribution in [0.5, 0.6) is 0 Å². The molecule has 1 aromatic carbocycles. The van der Waals surface area contributed by atoms with Gasteiger partial charge in [0.15, 0.2) is 0 Å². The topological polar surface area (TPSA) is 66.9 Å². The van der Waals surface area contributed by atoms with Crippen molar-refractivity contribution in [2.24, 2.45) is 5.92 Å². The van der Waals surface area contributed by atoms with E-state index < -0.39 is 21.4 Å². The van der Waals surface area contributed by atoms with E-state index in [0.717, 1.165) is 12.8 Å². The molecule has 8 heteroatoms. The fourth-order valence-corrected chi connectivity index (χ4v) is 5.62. The van der Waals surface area contributed by atoms with Crippen LogP contribution in [0.4, 0.5) is 4.39 Å². The first-order valence-corrected chi connectivity index (χ1v) is 11.1. The van der Waals surface area contributed by atoms with Gasteiger partial charge in [-0.25, -0.2) is 12.8 Å². The number of benzene rings is 1. The Morgan fingerprint density at radius 2 is 1.96 bits per heavy atom. The van der Waals surface area contributed by atoms with Gasteiger partial charge in [-0.15, -0.1) is 0 Å². The standard InChI is InChI=1S/C19H25FN2O4S/c20-17-5-3-16(4-6-17)12-27(24,25)21-9-7-18(23)22(11-15-1-2-15)19(13-21)8-10-26-14-19/h3-6,15H,1-2,7-14H2. The maximum absolute atomic E-state index is 13.1. The Hall–Kier alpha value is -1.51. The molecule has 1 aliphatic carbocycles. The molecule has 1 amide bonds. The van der Waals surface area contributed by atoms with Crippen molar-refractivity contribution < 1.29 is 22.3 Å². The zero-order valence-corrected chi connectivity index (χ0v) is 16.1. The zero-order chi connectivity index (χ0) is 19.1. The van der Waals surface area contributed by atoms with Gasteiger partial charge in [0.25, 0.3) is 0 Å². The molecule has 2 heterocycles. The largest absolute Gasteiger partial charge is 0.379 e. The van der Waals surface area contributed by atoms with Crippen LogP contribution >= 0.6 is 0 Å². The maximum atomic E-state index is 13.1. The van der Waals surface area contributed by atoms with Gasteiger partial charge in [-0.2, -0.15) is 4.31 Å². The Morgan fingerprint density at radius 1 is 1.22 bits per heavy atom. The quantitative estimate of drug-likeness (QED) is 0.761. The highest BCUT2D eigenvalue weighted by molar-refractivity contribution is 7.88. The van der Waals surface area contributed by atoms with Gasteiger partial charge in [-0.05, 0) is 42.9 Å². The van der Waals surface area contributed by atoms with Gasteiger partial charge < -0.3 is 9.64 Å². The van der Waals surface area contributed by atoms with Crippen LogP contribution in [0.15, 0.2) is 24.3 Å². The minimum atomic E-state index is -3.62. The van der Waals surface area contributed by atoms with E-state index in [2.05, 4.69) is 0 Å². The van der Waals surface area contributed by atoms with Crippen LogP contribution in [-0.2, 0) is 25.3 Å². The van der Waals surface area contributed by atoms with Crippen molar-refractivity contribution in [2.45, 2.75) is 37.0 Å². The highest BCUT2D eigenvalue weighted by Crippen LogP contribution is 2.37. The molecule has 1 spiro atoms. The molecule has 3 aliphatic rings. The molecule has 0 bridgehead atoms. The highest BCUT2D eigenvalue weighted by Gasteiger charge is 2.49. The second-order valence-electron chi connectivity index (χ2n) is 7.94. The molecule has 2 saturated heterocycles. The molecule has 1 saturated carbocycles. The summed E-state index contributed by atoms with van der Waals surface area (Å²) in [6, 6.07) is 5.51. The van der Waals surface area contributed by atoms with Crippen molar-refractivity contribution >= 4 is 15.9 Å². The first kappa shape index (κ1) is 18.8. The van der Waals surface area contributed by atoms with Crippen molar-refractivity contribution in [3.05, 3.63) is 35.6 Å². The highest BCUT2D eigenvalue weighted by atomic mass is 32.2. The van der Waals surface area contributed by atoms with E-state index in [-0.39, 0.29) is 31.2 Å². The third-order valence-electron chi connectivity index (χ3n) is 5.80. The van der Waals surface area contributed by atoms with E-state index in [1.54, 1.807) is 0 Å². The summed E-state index contributed by atoms with van der Waals surface area (Å²) in [7, 11) is -3.62. The molecular weight excluding hydrogens is 371 g/mol. The second-order valence-corrected chi connectivity index (χ2v) is 9.91. The number of carbonyl (C=O) groups excluding carboxylic acids is 1. The minimum absolute atomic E-state index is 0.0203. The lowest BCUT2D eigenvalue weighted by molar-refractivity contribution is -0.136. The Labute approximate surface area is 159 Å². The SMILES string of the molecule is O=C1CCN(S(=O)(=O)Cc2ccc(F)cc2)CC2(CCOC2)N1CC1CC1. The van der Waals surface area contributed by atoms with E-state index >= 15 is 0 Å². The van der Waals surface area contributed by atoms with Crippen molar-refractivity contribution in [1.82, 2.24) is 9.21 Å². The minimum Gasteiger partial charge on any atom is -0.379 e. The van der Waals surface area contributed by atoms with E-state index in [4.69, 9.17) is 4.74 Å². The number of hydrogen-bond donors (Lipinski definition) is 0. The monoisotopic (exact) mass is 396 g/mol. The lowest BCUT2D eigenvalue weighted by atomic mass is 9.95. The number of amides is 1. The molecule has 6 nitrogen and oxygen atoms in total. The predicted molar refractivity (Wildman–Crippen MR) is 97.8 cm³/mol. The molecule has 1 aromatic rings. The van der Waals surface area contributed by atoms with E-state index in [9.17, 15) is 17.6 Å². The van der Waals surface area contributed by atoms with Crippen LogP contribution < -0.4 is 0 Å². The Balaban J connectivity index is 1.57. The molecule has 1 atom stereocenters. The summed E-state index contributed by atoms with van der Waals surface area (Å²) in [5.74, 6) is -0.0314. The van der Waals surface area contributed by atoms with E-state index in [1.165, 1.54) is 28.6 Å². The van der Waals surface area contributed by atoms with Gasteiger partial charge >= 0.3 is 0 Å². The van der Waals surface area contributed by atoms with Gasteiger partial charge in [0.1, 0.15) is 5.82 Å². The Morgan fingerprint density at radius 3 is 2.59 bits per heavy atom. The lowest BCUT2D eigenvalue weighted by Gasteiger charge is -2.40. The first-order chi connectivity index (χ1) is 12.9. The Bertz CT molecular complexity index is 802. The zero-order valence-electron chi connectivity index (χ0n) is 15.3. The fraction of sp³-hybridized carbons (Fsp3) is 0.632. The summed E-state index contributed by atoms with van der Waals surface area (Å²) in [5.41, 5.74) is -0.0231. The Kier molecular flexibility index (Phi) is 4.98. The van der Waals surface area contributed by atoms with Gasteiger partial charge in [0, 0.05) is 32.7 Å². The van der Waals surface area contributed by atoms with Gasteiger partial charge in [0.05, 0.1) is 17.9 Å². The summed E-state index contributed by atoms with van der Waals surface area (Å²) >= 11 is 0. The van der Waals surface area contributed by atoms with Crippen LogP contribution in [-0.4, -0.2) is 61.9 Å². The molecule has 3 fully saturated rings. The molecule has 27 heavy (non-hydrogen) atoms. The number of halogens is 1. The summed E-state index contributed by atoms with van der Waals surface area (Å²) in [5, 5.41) is 0. The predicted octanol–water partition coefficient (Wildman–Crippen LogP) is 1.76. The molecular formula is C19H25FN2O4S. The van der Waals surface area contributed by atoms with E-state index in [0.29, 0.717) is 37.7 Å². The molecule has 148 valence electrons. The first-order valence-electron chi connectivity index (χ1n) is 9.48. The van der Waals surface area contributed by atoms with Crippen molar-refractivity contribution in [1.29, 1.82) is 0 Å². The van der Waals surface area contributed by atoms with Crippen LogP contribution in [0.1, 0.15) is 31.2 Å². The lowest BCUT2D eigenvalue weighted by Crippen LogP contribution is -2.57. The third-order valence-corrected chi connectivity index (χ3v) is 7.59. The number of carbonyl (C=O) groups is 1. The number of hydrogen-bond acceptors (Lipinski definition) is 4. The summed E-state index contributed by atoms with van der Waals surface area (Å²) < 4.78 is 46.2. The maximum Gasteiger partial charge on any atom is 0.224 e. The van der Waals surface area contributed by atoms with Crippen LogP contribution in [0.25, 0.3) is 0 Å². The van der Waals surface area contributed by atoms with Gasteiger partial charge in [0.2, 0.25) is 15.9 Å². The van der Waals surface area contributed by atoms with Crippen LogP contribution in [0.2, 0.25) is 0 Å². The third kappa shape index (κ3) is 4.02. The van der Waals surface area contributed by atoms with Gasteiger partial charge in [-0.1, -0.05) is 12.1 Å². The average Bonchev–Trinajstić information content (AvgIpc) is 3.36. The number of ether oxygens (including phenoxy) is 1. The second kappa shape index (κ2) is 7.14. The normalized spacial score (nSPS) is 27.3. The van der Waals surface area contributed by atoms with E-state index in [1.807, 2.05) is 4.90 Å². The molecule has 4 rings (SSSR count). The van der Waals surface area contributed by atoms with Crippen molar-refractivity contribution in [2.75, 3.05) is 32.8 Å².